The molecule has 0 bridgehead atoms. The Morgan fingerprint density at radius 1 is 1.42 bits per heavy atom. The van der Waals surface area contributed by atoms with Crippen molar-refractivity contribution in [1.29, 1.82) is 0 Å². The van der Waals surface area contributed by atoms with Gasteiger partial charge in [0.15, 0.2) is 0 Å². The van der Waals surface area contributed by atoms with Crippen LogP contribution in [0.2, 0.25) is 5.02 Å². The van der Waals surface area contributed by atoms with Crippen molar-refractivity contribution < 1.29 is 23.0 Å². The minimum Gasteiger partial charge on any atom is -0.404 e. The summed E-state index contributed by atoms with van der Waals surface area (Å²) in [6, 6.07) is 2.48. The quantitative estimate of drug-likeness (QED) is 0.816. The first-order chi connectivity index (χ1) is 8.73. The van der Waals surface area contributed by atoms with Gasteiger partial charge in [0.05, 0.1) is 17.0 Å². The number of hydrogen-bond acceptors (Lipinski definition) is 3. The van der Waals surface area contributed by atoms with E-state index in [1.807, 2.05) is 0 Å². The summed E-state index contributed by atoms with van der Waals surface area (Å²) >= 11 is 11.1. The second kappa shape index (κ2) is 6.54. The molecule has 1 rings (SSSR count). The molecule has 8 heteroatoms. The molecular weight excluding hydrogens is 306 g/mol. The molecule has 0 amide bonds. The van der Waals surface area contributed by atoms with Gasteiger partial charge < -0.3 is 15.2 Å². The smallest absolute Gasteiger partial charge is 0.404 e. The van der Waals surface area contributed by atoms with Gasteiger partial charge in [0.1, 0.15) is 5.75 Å². The standard InChI is InChI=1S/C11H12Cl2F3NO2/c1-6-2-10(19-11(14,15)16)8(13)3-9(6)17-5-7(18)4-12/h2-3,7,17-18H,4-5H2,1H3. The molecule has 0 aliphatic heterocycles. The van der Waals surface area contributed by atoms with Crippen LogP contribution < -0.4 is 10.1 Å². The van der Waals surface area contributed by atoms with Crippen molar-refractivity contribution in [2.45, 2.75) is 19.4 Å². The highest BCUT2D eigenvalue weighted by atomic mass is 35.5. The van der Waals surface area contributed by atoms with Crippen LogP contribution in [0.15, 0.2) is 12.1 Å². The zero-order valence-corrected chi connectivity index (χ0v) is 11.4. The number of halogens is 5. The van der Waals surface area contributed by atoms with Gasteiger partial charge in [0, 0.05) is 12.2 Å². The van der Waals surface area contributed by atoms with Gasteiger partial charge in [-0.1, -0.05) is 11.6 Å². The summed E-state index contributed by atoms with van der Waals surface area (Å²) in [5.41, 5.74) is 1.01. The fraction of sp³-hybridized carbons (Fsp3) is 0.455. The molecular formula is C11H12Cl2F3NO2. The lowest BCUT2D eigenvalue weighted by molar-refractivity contribution is -0.274. The lowest BCUT2D eigenvalue weighted by atomic mass is 10.2. The van der Waals surface area contributed by atoms with E-state index >= 15 is 0 Å². The Bertz CT molecular complexity index is 441. The summed E-state index contributed by atoms with van der Waals surface area (Å²) in [6.07, 6.45) is -5.55. The number of anilines is 1. The van der Waals surface area contributed by atoms with Crippen molar-refractivity contribution >= 4 is 28.9 Å². The monoisotopic (exact) mass is 317 g/mol. The number of hydrogen-bond donors (Lipinski definition) is 2. The zero-order valence-electron chi connectivity index (χ0n) is 9.89. The SMILES string of the molecule is Cc1cc(OC(F)(F)F)c(Cl)cc1NCC(O)CCl. The van der Waals surface area contributed by atoms with Crippen molar-refractivity contribution in [2.24, 2.45) is 0 Å². The summed E-state index contributed by atoms with van der Waals surface area (Å²) in [4.78, 5) is 0. The average molecular weight is 318 g/mol. The second-order valence-electron chi connectivity index (χ2n) is 3.83. The number of alkyl halides is 4. The Morgan fingerprint density at radius 2 is 2.05 bits per heavy atom. The van der Waals surface area contributed by atoms with Gasteiger partial charge in [0.2, 0.25) is 0 Å². The van der Waals surface area contributed by atoms with Crippen LogP contribution >= 0.6 is 23.2 Å². The normalized spacial score (nSPS) is 13.2. The van der Waals surface area contributed by atoms with Crippen molar-refractivity contribution in [2.75, 3.05) is 17.7 Å². The highest BCUT2D eigenvalue weighted by Gasteiger charge is 2.32. The van der Waals surface area contributed by atoms with Crippen LogP contribution in [0, 0.1) is 6.92 Å². The van der Waals surface area contributed by atoms with Gasteiger partial charge in [-0.3, -0.25) is 0 Å². The molecule has 0 saturated heterocycles. The Hall–Kier alpha value is -0.850. The van der Waals surface area contributed by atoms with E-state index < -0.39 is 18.2 Å². The van der Waals surface area contributed by atoms with Gasteiger partial charge in [-0.25, -0.2) is 0 Å². The van der Waals surface area contributed by atoms with Crippen LogP contribution in [0.1, 0.15) is 5.56 Å². The van der Waals surface area contributed by atoms with E-state index in [1.165, 1.54) is 12.1 Å². The molecule has 1 aromatic rings. The van der Waals surface area contributed by atoms with Gasteiger partial charge in [-0.15, -0.1) is 24.8 Å². The van der Waals surface area contributed by atoms with Crippen LogP contribution in [0.4, 0.5) is 18.9 Å². The Labute approximate surface area is 118 Å². The van der Waals surface area contributed by atoms with Crippen molar-refractivity contribution in [3.63, 3.8) is 0 Å². The van der Waals surface area contributed by atoms with Crippen molar-refractivity contribution in [3.05, 3.63) is 22.7 Å². The molecule has 108 valence electrons. The molecule has 1 aromatic carbocycles. The molecule has 3 nitrogen and oxygen atoms in total. The lowest BCUT2D eigenvalue weighted by Crippen LogP contribution is -2.21. The molecule has 2 N–H and O–H groups in total. The van der Waals surface area contributed by atoms with Gasteiger partial charge in [-0.2, -0.15) is 0 Å². The largest absolute Gasteiger partial charge is 0.573 e. The molecule has 1 unspecified atom stereocenters. The third-order valence-corrected chi connectivity index (χ3v) is 2.86. The topological polar surface area (TPSA) is 41.5 Å². The number of aryl methyl sites for hydroxylation is 1. The van der Waals surface area contributed by atoms with E-state index in [9.17, 15) is 18.3 Å². The van der Waals surface area contributed by atoms with E-state index in [1.54, 1.807) is 6.92 Å². The Balaban J connectivity index is 2.85. The van der Waals surface area contributed by atoms with Crippen LogP contribution in [0.3, 0.4) is 0 Å². The fourth-order valence-corrected chi connectivity index (χ4v) is 1.64. The molecule has 0 aromatic heterocycles. The van der Waals surface area contributed by atoms with E-state index in [0.717, 1.165) is 0 Å². The molecule has 0 radical (unpaired) electrons. The van der Waals surface area contributed by atoms with E-state index in [2.05, 4.69) is 10.1 Å². The average Bonchev–Trinajstić information content (AvgIpc) is 2.29. The maximum Gasteiger partial charge on any atom is 0.573 e. The number of aliphatic hydroxyl groups excluding tert-OH is 1. The van der Waals surface area contributed by atoms with Gasteiger partial charge in [-0.05, 0) is 24.6 Å². The predicted octanol–water partition coefficient (Wildman–Crippen LogP) is 3.56. The minimum absolute atomic E-state index is 0.0506. The second-order valence-corrected chi connectivity index (χ2v) is 4.55. The van der Waals surface area contributed by atoms with Crippen LogP contribution in [-0.4, -0.2) is 30.0 Å². The first-order valence-corrected chi connectivity index (χ1v) is 6.18. The minimum atomic E-state index is -4.79. The van der Waals surface area contributed by atoms with E-state index in [0.29, 0.717) is 11.3 Å². The summed E-state index contributed by atoms with van der Waals surface area (Å²) in [5, 5.41) is 11.9. The highest BCUT2D eigenvalue weighted by molar-refractivity contribution is 6.32. The Kier molecular flexibility index (Phi) is 5.58. The van der Waals surface area contributed by atoms with Gasteiger partial charge >= 0.3 is 6.36 Å². The number of ether oxygens (including phenoxy) is 1. The summed E-state index contributed by atoms with van der Waals surface area (Å²) < 4.78 is 40.1. The number of benzene rings is 1. The van der Waals surface area contributed by atoms with E-state index in [-0.39, 0.29) is 17.4 Å². The number of nitrogens with one attached hydrogen (secondary N) is 1. The molecule has 0 aliphatic rings. The van der Waals surface area contributed by atoms with Crippen molar-refractivity contribution in [1.82, 2.24) is 0 Å². The molecule has 1 atom stereocenters. The van der Waals surface area contributed by atoms with Crippen LogP contribution in [0.5, 0.6) is 5.75 Å². The Morgan fingerprint density at radius 3 is 2.58 bits per heavy atom. The first-order valence-electron chi connectivity index (χ1n) is 5.26. The molecule has 0 aliphatic carbocycles. The lowest BCUT2D eigenvalue weighted by Gasteiger charge is -2.16. The number of aliphatic hydroxyl groups is 1. The molecule has 0 saturated carbocycles. The first kappa shape index (κ1) is 16.2. The zero-order chi connectivity index (χ0) is 14.6. The maximum atomic E-state index is 12.1. The molecule has 19 heavy (non-hydrogen) atoms. The van der Waals surface area contributed by atoms with Crippen molar-refractivity contribution in [3.8, 4) is 5.75 Å². The molecule has 0 heterocycles. The van der Waals surface area contributed by atoms with E-state index in [4.69, 9.17) is 23.2 Å². The van der Waals surface area contributed by atoms with Crippen LogP contribution in [0.25, 0.3) is 0 Å². The molecule has 0 fully saturated rings. The predicted molar refractivity (Wildman–Crippen MR) is 68.1 cm³/mol. The van der Waals surface area contributed by atoms with Gasteiger partial charge in [0.25, 0.3) is 0 Å². The summed E-state index contributed by atoms with van der Waals surface area (Å²) in [6.45, 7) is 1.76. The van der Waals surface area contributed by atoms with Crippen LogP contribution in [-0.2, 0) is 0 Å². The fourth-order valence-electron chi connectivity index (χ4n) is 1.33. The summed E-state index contributed by atoms with van der Waals surface area (Å²) in [5.74, 6) is -0.412. The summed E-state index contributed by atoms with van der Waals surface area (Å²) in [7, 11) is 0. The third kappa shape index (κ3) is 5.34. The highest BCUT2D eigenvalue weighted by Crippen LogP contribution is 2.34. The third-order valence-electron chi connectivity index (χ3n) is 2.21. The number of rotatable bonds is 5. The molecule has 0 spiro atoms. The maximum absolute atomic E-state index is 12.1.